The molecule has 6 aromatic carbocycles. The molecule has 4 heterocycles. The minimum atomic E-state index is 0.566. The summed E-state index contributed by atoms with van der Waals surface area (Å²) >= 11 is 1.83. The van der Waals surface area contributed by atoms with Gasteiger partial charge in [0, 0.05) is 47.3 Å². The van der Waals surface area contributed by atoms with Crippen molar-refractivity contribution in [3.63, 3.8) is 0 Å². The quantitative estimate of drug-likeness (QED) is 0.204. The molecule has 0 amide bonds. The Balaban J connectivity index is 1.31. The van der Waals surface area contributed by atoms with Crippen LogP contribution in [0.15, 0.2) is 138 Å². The molecule has 0 aliphatic heterocycles. The molecule has 0 unspecified atom stereocenters. The fourth-order valence-corrected chi connectivity index (χ4v) is 7.75. The number of benzene rings is 6. The van der Waals surface area contributed by atoms with Crippen molar-refractivity contribution >= 4 is 75.3 Å². The summed E-state index contributed by atoms with van der Waals surface area (Å²) in [7, 11) is 0. The van der Waals surface area contributed by atoms with E-state index < -0.39 is 0 Å². The van der Waals surface area contributed by atoms with Crippen LogP contribution in [0, 0.1) is 0 Å². The van der Waals surface area contributed by atoms with Gasteiger partial charge >= 0.3 is 0 Å². The van der Waals surface area contributed by atoms with E-state index in [0.717, 1.165) is 49.5 Å². The molecule has 45 heavy (non-hydrogen) atoms. The van der Waals surface area contributed by atoms with Gasteiger partial charge in [-0.1, -0.05) is 97.1 Å². The number of aromatic nitrogens is 4. The van der Waals surface area contributed by atoms with Crippen molar-refractivity contribution in [1.29, 1.82) is 0 Å². The predicted molar refractivity (Wildman–Crippen MR) is 185 cm³/mol. The van der Waals surface area contributed by atoms with Gasteiger partial charge in [-0.15, -0.1) is 11.3 Å². The third kappa shape index (κ3) is 3.63. The molecule has 10 rings (SSSR count). The van der Waals surface area contributed by atoms with Crippen LogP contribution in [0.4, 0.5) is 0 Å². The summed E-state index contributed by atoms with van der Waals surface area (Å²) in [6.45, 7) is 0. The number of thiophene rings is 1. The van der Waals surface area contributed by atoms with Gasteiger partial charge in [0.25, 0.3) is 0 Å². The highest BCUT2D eigenvalue weighted by atomic mass is 32.1. The Morgan fingerprint density at radius 1 is 0.489 bits per heavy atom. The molecule has 0 saturated carbocycles. The number of furan rings is 1. The van der Waals surface area contributed by atoms with E-state index in [1.165, 1.54) is 25.6 Å². The second-order valence-electron chi connectivity index (χ2n) is 11.2. The zero-order chi connectivity index (χ0) is 29.5. The second-order valence-corrected chi connectivity index (χ2v) is 12.3. The van der Waals surface area contributed by atoms with E-state index in [2.05, 4.69) is 77.4 Å². The number of para-hydroxylation sites is 3. The van der Waals surface area contributed by atoms with Gasteiger partial charge in [-0.2, -0.15) is 9.97 Å². The van der Waals surface area contributed by atoms with Crippen LogP contribution < -0.4 is 0 Å². The third-order valence-electron chi connectivity index (χ3n) is 8.67. The lowest BCUT2D eigenvalue weighted by atomic mass is 10.1. The summed E-state index contributed by atoms with van der Waals surface area (Å²) < 4.78 is 11.2. The van der Waals surface area contributed by atoms with Gasteiger partial charge < -0.3 is 4.42 Å². The maximum absolute atomic E-state index is 6.43. The molecule has 10 aromatic rings. The average molecular weight is 595 g/mol. The van der Waals surface area contributed by atoms with Crippen LogP contribution in [-0.2, 0) is 0 Å². The molecule has 0 aliphatic rings. The lowest BCUT2D eigenvalue weighted by Crippen LogP contribution is -2.06. The molecule has 0 spiro atoms. The lowest BCUT2D eigenvalue weighted by Gasteiger charge is -2.11. The molecule has 0 N–H and O–H groups in total. The monoisotopic (exact) mass is 594 g/mol. The van der Waals surface area contributed by atoms with E-state index in [-0.39, 0.29) is 0 Å². The van der Waals surface area contributed by atoms with Crippen molar-refractivity contribution in [3.05, 3.63) is 133 Å². The first-order valence-electron chi connectivity index (χ1n) is 14.9. The second kappa shape index (κ2) is 9.32. The van der Waals surface area contributed by atoms with Gasteiger partial charge in [-0.25, -0.2) is 4.98 Å². The SMILES string of the molecule is c1ccc(-c2nc(-c3cccc4c3oc3ccccc34)nc(-n3c4ccccc4c4cc5sc6ccccc6c5cc43)n2)cc1. The zero-order valence-corrected chi connectivity index (χ0v) is 24.6. The summed E-state index contributed by atoms with van der Waals surface area (Å²) in [6, 6.07) is 46.1. The first-order chi connectivity index (χ1) is 22.3. The first kappa shape index (κ1) is 24.6. The number of nitrogens with zero attached hydrogens (tertiary/aromatic N) is 4. The van der Waals surface area contributed by atoms with Crippen LogP contribution in [0.2, 0.25) is 0 Å². The molecule has 0 atom stereocenters. The molecule has 0 radical (unpaired) electrons. The van der Waals surface area contributed by atoms with E-state index in [1.54, 1.807) is 0 Å². The van der Waals surface area contributed by atoms with Crippen LogP contribution in [0.3, 0.4) is 0 Å². The van der Waals surface area contributed by atoms with Crippen molar-refractivity contribution in [1.82, 2.24) is 19.5 Å². The van der Waals surface area contributed by atoms with E-state index in [9.17, 15) is 0 Å². The van der Waals surface area contributed by atoms with Crippen LogP contribution >= 0.6 is 11.3 Å². The number of hydrogen-bond acceptors (Lipinski definition) is 5. The Labute approximate surface area is 260 Å². The Morgan fingerprint density at radius 2 is 1.22 bits per heavy atom. The van der Waals surface area contributed by atoms with Crippen molar-refractivity contribution in [2.45, 2.75) is 0 Å². The minimum absolute atomic E-state index is 0.566. The minimum Gasteiger partial charge on any atom is -0.455 e. The van der Waals surface area contributed by atoms with E-state index in [4.69, 9.17) is 19.4 Å². The maximum Gasteiger partial charge on any atom is 0.238 e. The van der Waals surface area contributed by atoms with E-state index in [1.807, 2.05) is 72.0 Å². The Hall–Kier alpha value is -5.85. The summed E-state index contributed by atoms with van der Waals surface area (Å²) in [6.07, 6.45) is 0. The fraction of sp³-hybridized carbons (Fsp3) is 0. The normalized spacial score (nSPS) is 12.0. The topological polar surface area (TPSA) is 56.7 Å². The molecule has 0 saturated heterocycles. The van der Waals surface area contributed by atoms with Crippen LogP contribution in [0.5, 0.6) is 0 Å². The number of rotatable bonds is 3. The van der Waals surface area contributed by atoms with Crippen molar-refractivity contribution < 1.29 is 4.42 Å². The molecule has 0 aliphatic carbocycles. The molecular formula is C39H22N4OS. The van der Waals surface area contributed by atoms with Crippen LogP contribution in [0.25, 0.3) is 92.6 Å². The number of hydrogen-bond donors (Lipinski definition) is 0. The maximum atomic E-state index is 6.43. The van der Waals surface area contributed by atoms with Crippen LogP contribution in [0.1, 0.15) is 0 Å². The zero-order valence-electron chi connectivity index (χ0n) is 23.8. The van der Waals surface area contributed by atoms with Crippen molar-refractivity contribution in [2.75, 3.05) is 0 Å². The van der Waals surface area contributed by atoms with Gasteiger partial charge in [0.1, 0.15) is 11.2 Å². The highest BCUT2D eigenvalue weighted by Crippen LogP contribution is 2.41. The third-order valence-corrected chi connectivity index (χ3v) is 9.81. The molecular weight excluding hydrogens is 573 g/mol. The molecule has 0 bridgehead atoms. The van der Waals surface area contributed by atoms with E-state index in [0.29, 0.717) is 17.6 Å². The summed E-state index contributed by atoms with van der Waals surface area (Å²) in [5, 5.41) is 6.93. The highest BCUT2D eigenvalue weighted by Gasteiger charge is 2.21. The number of fused-ring (bicyclic) bond motifs is 9. The van der Waals surface area contributed by atoms with Crippen molar-refractivity contribution in [2.24, 2.45) is 0 Å². The van der Waals surface area contributed by atoms with Gasteiger partial charge in [-0.3, -0.25) is 4.57 Å². The van der Waals surface area contributed by atoms with Gasteiger partial charge in [0.15, 0.2) is 11.6 Å². The average Bonchev–Trinajstić information content (AvgIpc) is 3.76. The standard InChI is InChI=1S/C39H22N4OS/c1-2-11-23(12-3-1)37-40-38(28-17-10-16-27-25-14-5-8-19-33(25)44-36(27)28)42-39(41-37)43-31-18-7-4-13-24(31)29-22-35-30(21-32(29)43)26-15-6-9-20-34(26)45-35/h1-22H. The summed E-state index contributed by atoms with van der Waals surface area (Å²) in [5.74, 6) is 1.74. The Morgan fingerprint density at radius 3 is 2.13 bits per heavy atom. The van der Waals surface area contributed by atoms with Gasteiger partial charge in [-0.05, 0) is 36.4 Å². The molecule has 5 nitrogen and oxygen atoms in total. The predicted octanol–water partition coefficient (Wildman–Crippen LogP) is 10.6. The van der Waals surface area contributed by atoms with Crippen molar-refractivity contribution in [3.8, 4) is 28.7 Å². The summed E-state index contributed by atoms with van der Waals surface area (Å²) in [5.41, 5.74) is 5.47. The Bertz CT molecular complexity index is 2770. The van der Waals surface area contributed by atoms with E-state index >= 15 is 0 Å². The lowest BCUT2D eigenvalue weighted by molar-refractivity contribution is 0.669. The smallest absolute Gasteiger partial charge is 0.238 e. The molecule has 4 aromatic heterocycles. The molecule has 6 heteroatoms. The summed E-state index contributed by atoms with van der Waals surface area (Å²) in [4.78, 5) is 15.4. The molecule has 210 valence electrons. The van der Waals surface area contributed by atoms with Gasteiger partial charge in [0.05, 0.1) is 16.6 Å². The highest BCUT2D eigenvalue weighted by molar-refractivity contribution is 7.25. The van der Waals surface area contributed by atoms with Gasteiger partial charge in [0.2, 0.25) is 5.95 Å². The first-order valence-corrected chi connectivity index (χ1v) is 15.7. The largest absolute Gasteiger partial charge is 0.455 e. The van der Waals surface area contributed by atoms with Crippen LogP contribution in [-0.4, -0.2) is 19.5 Å². The Kier molecular flexibility index (Phi) is 5.09. The molecule has 0 fully saturated rings. The fourth-order valence-electron chi connectivity index (χ4n) is 6.63.